The zero-order valence-electron chi connectivity index (χ0n) is 6.48. The standard InChI is InChI=1S/C9H9BrClN/c10-8-3-5-1-7(12)2-6(5)4-9(8)11/h3-4,7H,1-2,12H2. The van der Waals surface area contributed by atoms with Crippen molar-refractivity contribution in [1.29, 1.82) is 0 Å². The summed E-state index contributed by atoms with van der Waals surface area (Å²) in [4.78, 5) is 0. The monoisotopic (exact) mass is 245 g/mol. The average molecular weight is 247 g/mol. The molecule has 64 valence electrons. The van der Waals surface area contributed by atoms with Gasteiger partial charge in [0.05, 0.1) is 5.02 Å². The Morgan fingerprint density at radius 1 is 1.33 bits per heavy atom. The summed E-state index contributed by atoms with van der Waals surface area (Å²) in [6.45, 7) is 0. The number of rotatable bonds is 0. The fourth-order valence-electron chi connectivity index (χ4n) is 1.65. The molecule has 0 saturated heterocycles. The predicted molar refractivity (Wildman–Crippen MR) is 54.5 cm³/mol. The van der Waals surface area contributed by atoms with Crippen molar-refractivity contribution in [2.45, 2.75) is 18.9 Å². The molecular formula is C9H9BrClN. The maximum atomic E-state index is 5.95. The Morgan fingerprint density at radius 3 is 2.58 bits per heavy atom. The van der Waals surface area contributed by atoms with Gasteiger partial charge in [-0.2, -0.15) is 0 Å². The van der Waals surface area contributed by atoms with Gasteiger partial charge >= 0.3 is 0 Å². The number of fused-ring (bicyclic) bond motifs is 1. The van der Waals surface area contributed by atoms with E-state index in [1.807, 2.05) is 6.07 Å². The van der Waals surface area contributed by atoms with Gasteiger partial charge in [0, 0.05) is 10.5 Å². The maximum absolute atomic E-state index is 5.95. The molecule has 0 spiro atoms. The Bertz CT molecular complexity index is 294. The number of hydrogen-bond acceptors (Lipinski definition) is 1. The summed E-state index contributed by atoms with van der Waals surface area (Å²) in [5, 5.41) is 0.780. The van der Waals surface area contributed by atoms with Gasteiger partial charge in [0.1, 0.15) is 0 Å². The summed E-state index contributed by atoms with van der Waals surface area (Å²) < 4.78 is 0.969. The van der Waals surface area contributed by atoms with Crippen molar-refractivity contribution in [3.05, 3.63) is 32.8 Å². The molecule has 0 radical (unpaired) electrons. The third-order valence-electron chi connectivity index (χ3n) is 2.21. The van der Waals surface area contributed by atoms with E-state index >= 15 is 0 Å². The Balaban J connectivity index is 2.48. The molecule has 0 aliphatic heterocycles. The highest BCUT2D eigenvalue weighted by Crippen LogP contribution is 2.30. The highest BCUT2D eigenvalue weighted by atomic mass is 79.9. The van der Waals surface area contributed by atoms with Gasteiger partial charge in [-0.05, 0) is 52.0 Å². The molecule has 0 bridgehead atoms. The van der Waals surface area contributed by atoms with Crippen molar-refractivity contribution in [3.8, 4) is 0 Å². The van der Waals surface area contributed by atoms with E-state index < -0.39 is 0 Å². The van der Waals surface area contributed by atoms with Gasteiger partial charge in [0.2, 0.25) is 0 Å². The van der Waals surface area contributed by atoms with E-state index in [2.05, 4.69) is 22.0 Å². The Hall–Kier alpha value is -0.0500. The van der Waals surface area contributed by atoms with Crippen LogP contribution in [0.25, 0.3) is 0 Å². The van der Waals surface area contributed by atoms with Crippen molar-refractivity contribution in [1.82, 2.24) is 0 Å². The molecule has 1 aromatic rings. The van der Waals surface area contributed by atoms with Crippen LogP contribution < -0.4 is 5.73 Å². The molecule has 2 N–H and O–H groups in total. The largest absolute Gasteiger partial charge is 0.327 e. The molecule has 12 heavy (non-hydrogen) atoms. The minimum absolute atomic E-state index is 0.283. The highest BCUT2D eigenvalue weighted by Gasteiger charge is 2.18. The van der Waals surface area contributed by atoms with Crippen LogP contribution in [-0.4, -0.2) is 6.04 Å². The SMILES string of the molecule is NC1Cc2cc(Cl)c(Br)cc2C1. The predicted octanol–water partition coefficient (Wildman–Crippen LogP) is 2.53. The highest BCUT2D eigenvalue weighted by molar-refractivity contribution is 9.10. The molecule has 1 aliphatic rings. The Kier molecular flexibility index (Phi) is 2.15. The van der Waals surface area contributed by atoms with Crippen LogP contribution in [0.15, 0.2) is 16.6 Å². The molecule has 0 fully saturated rings. The summed E-state index contributed by atoms with van der Waals surface area (Å²) in [6, 6.07) is 4.36. The molecule has 0 saturated carbocycles. The van der Waals surface area contributed by atoms with Crippen LogP contribution >= 0.6 is 27.5 Å². The van der Waals surface area contributed by atoms with Crippen LogP contribution in [0.3, 0.4) is 0 Å². The molecule has 3 heteroatoms. The van der Waals surface area contributed by atoms with Gasteiger partial charge in [-0.1, -0.05) is 11.6 Å². The molecule has 1 unspecified atom stereocenters. The fraction of sp³-hybridized carbons (Fsp3) is 0.333. The summed E-state index contributed by atoms with van der Waals surface area (Å²) in [5.74, 6) is 0. The first-order chi connectivity index (χ1) is 5.66. The molecular weight excluding hydrogens is 237 g/mol. The van der Waals surface area contributed by atoms with Crippen molar-refractivity contribution < 1.29 is 0 Å². The lowest BCUT2D eigenvalue weighted by atomic mass is 10.1. The molecule has 1 nitrogen and oxygen atoms in total. The lowest BCUT2D eigenvalue weighted by Crippen LogP contribution is -2.18. The molecule has 0 aromatic heterocycles. The van der Waals surface area contributed by atoms with Crippen molar-refractivity contribution in [2.24, 2.45) is 5.73 Å². The van der Waals surface area contributed by atoms with E-state index in [0.717, 1.165) is 22.3 Å². The number of nitrogens with two attached hydrogens (primary N) is 1. The summed E-state index contributed by atoms with van der Waals surface area (Å²) >= 11 is 9.35. The quantitative estimate of drug-likeness (QED) is 0.748. The number of hydrogen-bond donors (Lipinski definition) is 1. The number of halogens is 2. The van der Waals surface area contributed by atoms with Crippen molar-refractivity contribution in [2.75, 3.05) is 0 Å². The van der Waals surface area contributed by atoms with Gasteiger partial charge < -0.3 is 5.73 Å². The zero-order valence-corrected chi connectivity index (χ0v) is 8.82. The molecule has 1 aliphatic carbocycles. The van der Waals surface area contributed by atoms with Crippen LogP contribution in [0.5, 0.6) is 0 Å². The first kappa shape index (κ1) is 8.54. The summed E-state index contributed by atoms with van der Waals surface area (Å²) in [5.41, 5.74) is 8.46. The Labute approximate surface area is 85.0 Å². The van der Waals surface area contributed by atoms with Crippen LogP contribution in [0.2, 0.25) is 5.02 Å². The maximum Gasteiger partial charge on any atom is 0.0551 e. The second kappa shape index (κ2) is 3.02. The lowest BCUT2D eigenvalue weighted by molar-refractivity contribution is 0.721. The minimum atomic E-state index is 0.283. The van der Waals surface area contributed by atoms with Gasteiger partial charge in [0.15, 0.2) is 0 Å². The van der Waals surface area contributed by atoms with Gasteiger partial charge in [-0.25, -0.2) is 0 Å². The second-order valence-corrected chi connectivity index (χ2v) is 4.46. The van der Waals surface area contributed by atoms with Gasteiger partial charge in [-0.3, -0.25) is 0 Å². The van der Waals surface area contributed by atoms with Crippen LogP contribution in [0.1, 0.15) is 11.1 Å². The van der Waals surface area contributed by atoms with Crippen LogP contribution in [0.4, 0.5) is 0 Å². The first-order valence-electron chi connectivity index (χ1n) is 3.89. The van der Waals surface area contributed by atoms with E-state index in [-0.39, 0.29) is 6.04 Å². The van der Waals surface area contributed by atoms with Crippen LogP contribution in [0, 0.1) is 0 Å². The Morgan fingerprint density at radius 2 is 1.92 bits per heavy atom. The average Bonchev–Trinajstić information content (AvgIpc) is 2.30. The first-order valence-corrected chi connectivity index (χ1v) is 5.06. The van der Waals surface area contributed by atoms with E-state index in [0.29, 0.717) is 0 Å². The van der Waals surface area contributed by atoms with Gasteiger partial charge in [0.25, 0.3) is 0 Å². The lowest BCUT2D eigenvalue weighted by Gasteiger charge is -2.00. The molecule has 1 atom stereocenters. The van der Waals surface area contributed by atoms with E-state index in [1.54, 1.807) is 0 Å². The third-order valence-corrected chi connectivity index (χ3v) is 3.40. The van der Waals surface area contributed by atoms with E-state index in [9.17, 15) is 0 Å². The topological polar surface area (TPSA) is 26.0 Å². The molecule has 0 heterocycles. The van der Waals surface area contributed by atoms with Crippen LogP contribution in [-0.2, 0) is 12.8 Å². The van der Waals surface area contributed by atoms with E-state index in [1.165, 1.54) is 11.1 Å². The van der Waals surface area contributed by atoms with E-state index in [4.69, 9.17) is 17.3 Å². The zero-order chi connectivity index (χ0) is 8.72. The smallest absolute Gasteiger partial charge is 0.0551 e. The number of benzene rings is 1. The molecule has 1 aromatic carbocycles. The van der Waals surface area contributed by atoms with Gasteiger partial charge in [-0.15, -0.1) is 0 Å². The second-order valence-electron chi connectivity index (χ2n) is 3.20. The normalized spacial score (nSPS) is 21.1. The third kappa shape index (κ3) is 1.39. The molecule has 0 amide bonds. The summed E-state index contributed by atoms with van der Waals surface area (Å²) in [6.07, 6.45) is 1.94. The van der Waals surface area contributed by atoms with Crippen molar-refractivity contribution in [3.63, 3.8) is 0 Å². The minimum Gasteiger partial charge on any atom is -0.327 e. The molecule has 2 rings (SSSR count). The van der Waals surface area contributed by atoms with Crippen molar-refractivity contribution >= 4 is 27.5 Å². The fourth-order valence-corrected chi connectivity index (χ4v) is 2.22. The summed E-state index contributed by atoms with van der Waals surface area (Å²) in [7, 11) is 0.